The molecule has 1 saturated carbocycles. The van der Waals surface area contributed by atoms with Crippen LogP contribution in [0.5, 0.6) is 0 Å². The predicted octanol–water partition coefficient (Wildman–Crippen LogP) is 6.51. The zero-order valence-corrected chi connectivity index (χ0v) is 18.1. The van der Waals surface area contributed by atoms with Gasteiger partial charge < -0.3 is 0 Å². The van der Waals surface area contributed by atoms with E-state index in [-0.39, 0.29) is 0 Å². The van der Waals surface area contributed by atoms with Crippen molar-refractivity contribution in [1.29, 1.82) is 0 Å². The monoisotopic (exact) mass is 382 g/mol. The maximum absolute atomic E-state index is 2.49. The Morgan fingerprint density at radius 3 is 2.31 bits per heavy atom. The Morgan fingerprint density at radius 1 is 0.759 bits per heavy atom. The Labute approximate surface area is 175 Å². The number of hydrogen-bond acceptors (Lipinski definition) is 0. The Kier molecular flexibility index (Phi) is 4.57. The molecule has 1 spiro atoms. The molecule has 1 aromatic heterocycles. The van der Waals surface area contributed by atoms with Gasteiger partial charge in [-0.25, -0.2) is 4.57 Å². The largest absolute Gasteiger partial charge is 0.212 e. The highest BCUT2D eigenvalue weighted by Crippen LogP contribution is 2.48. The van der Waals surface area contributed by atoms with Crippen LogP contribution in [-0.2, 0) is 19.9 Å². The van der Waals surface area contributed by atoms with Crippen molar-refractivity contribution in [3.05, 3.63) is 77.0 Å². The lowest BCUT2D eigenvalue weighted by Crippen LogP contribution is -2.31. The fraction of sp³-hybridized carbons (Fsp3) is 0.393. The van der Waals surface area contributed by atoms with E-state index in [1.807, 2.05) is 0 Å². The molecule has 1 fully saturated rings. The van der Waals surface area contributed by atoms with Gasteiger partial charge in [0.05, 0.1) is 0 Å². The van der Waals surface area contributed by atoms with Gasteiger partial charge in [0, 0.05) is 17.2 Å². The van der Waals surface area contributed by atoms with Crippen molar-refractivity contribution >= 4 is 0 Å². The minimum atomic E-state index is 0.577. The van der Waals surface area contributed by atoms with Crippen molar-refractivity contribution in [1.82, 2.24) is 0 Å². The van der Waals surface area contributed by atoms with Crippen molar-refractivity contribution in [2.24, 2.45) is 12.5 Å². The van der Waals surface area contributed by atoms with Crippen LogP contribution in [0.4, 0.5) is 0 Å². The zero-order chi connectivity index (χ0) is 20.0. The van der Waals surface area contributed by atoms with Crippen LogP contribution in [0.25, 0.3) is 22.4 Å². The summed E-state index contributed by atoms with van der Waals surface area (Å²) >= 11 is 0. The van der Waals surface area contributed by atoms with E-state index in [2.05, 4.69) is 80.2 Å². The maximum atomic E-state index is 2.49. The molecule has 0 N–H and O–H groups in total. The SMILES string of the molecule is Cc1cc(-c2ccccc2C)[n+](C)cc1-c1ccc2c(c1)CC1(CCCCC1)C2. The molecule has 0 bridgehead atoms. The maximum Gasteiger partial charge on any atom is 0.212 e. The Bertz CT molecular complexity index is 1070. The molecule has 0 aliphatic heterocycles. The molecule has 0 saturated heterocycles. The molecular weight excluding hydrogens is 350 g/mol. The van der Waals surface area contributed by atoms with Crippen LogP contribution >= 0.6 is 0 Å². The molecule has 148 valence electrons. The third-order valence-electron chi connectivity index (χ3n) is 7.46. The molecule has 2 aromatic carbocycles. The normalized spacial score (nSPS) is 17.5. The van der Waals surface area contributed by atoms with Crippen molar-refractivity contribution in [2.45, 2.75) is 58.8 Å². The summed E-state index contributed by atoms with van der Waals surface area (Å²) in [6.07, 6.45) is 12.1. The van der Waals surface area contributed by atoms with Crippen molar-refractivity contribution in [3.8, 4) is 22.4 Å². The first-order valence-electron chi connectivity index (χ1n) is 11.2. The molecule has 3 aromatic rings. The lowest BCUT2D eigenvalue weighted by Gasteiger charge is -2.33. The van der Waals surface area contributed by atoms with Gasteiger partial charge in [0.25, 0.3) is 0 Å². The first kappa shape index (κ1) is 18.6. The topological polar surface area (TPSA) is 3.88 Å². The van der Waals surface area contributed by atoms with Crippen LogP contribution in [0.2, 0.25) is 0 Å². The smallest absolute Gasteiger partial charge is 0.200 e. The summed E-state index contributed by atoms with van der Waals surface area (Å²) in [6, 6.07) is 18.3. The van der Waals surface area contributed by atoms with Crippen LogP contribution in [0.15, 0.2) is 54.7 Å². The van der Waals surface area contributed by atoms with Gasteiger partial charge in [-0.2, -0.15) is 0 Å². The van der Waals surface area contributed by atoms with E-state index in [0.717, 1.165) is 0 Å². The van der Waals surface area contributed by atoms with E-state index in [9.17, 15) is 0 Å². The summed E-state index contributed by atoms with van der Waals surface area (Å²) in [7, 11) is 2.18. The highest BCUT2D eigenvalue weighted by molar-refractivity contribution is 5.70. The minimum absolute atomic E-state index is 0.577. The molecule has 1 heteroatoms. The summed E-state index contributed by atoms with van der Waals surface area (Å²) in [5.74, 6) is 0. The first-order chi connectivity index (χ1) is 14.0. The summed E-state index contributed by atoms with van der Waals surface area (Å²) in [6.45, 7) is 4.45. The summed E-state index contributed by atoms with van der Waals surface area (Å²) in [5.41, 5.74) is 11.8. The van der Waals surface area contributed by atoms with E-state index in [4.69, 9.17) is 0 Å². The van der Waals surface area contributed by atoms with Crippen LogP contribution in [0.1, 0.15) is 54.4 Å². The van der Waals surface area contributed by atoms with Crippen molar-refractivity contribution < 1.29 is 4.57 Å². The fourth-order valence-electron chi connectivity index (χ4n) is 5.84. The van der Waals surface area contributed by atoms with Crippen LogP contribution in [0, 0.1) is 19.3 Å². The minimum Gasteiger partial charge on any atom is -0.200 e. The van der Waals surface area contributed by atoms with Gasteiger partial charge >= 0.3 is 0 Å². The average molecular weight is 383 g/mol. The molecule has 0 radical (unpaired) electrons. The quantitative estimate of drug-likeness (QED) is 0.445. The Morgan fingerprint density at radius 2 is 1.52 bits per heavy atom. The van der Waals surface area contributed by atoms with E-state index in [0.29, 0.717) is 5.41 Å². The zero-order valence-electron chi connectivity index (χ0n) is 18.1. The molecule has 29 heavy (non-hydrogen) atoms. The molecule has 0 unspecified atom stereocenters. The van der Waals surface area contributed by atoms with Crippen molar-refractivity contribution in [3.63, 3.8) is 0 Å². The van der Waals surface area contributed by atoms with Gasteiger partial charge in [-0.3, -0.25) is 0 Å². The number of fused-ring (bicyclic) bond motifs is 1. The summed E-state index contributed by atoms with van der Waals surface area (Å²) < 4.78 is 2.29. The van der Waals surface area contributed by atoms with E-state index in [1.54, 1.807) is 11.1 Å². The number of benzene rings is 2. The number of nitrogens with zero attached hydrogens (tertiary/aromatic N) is 1. The predicted molar refractivity (Wildman–Crippen MR) is 121 cm³/mol. The second kappa shape index (κ2) is 7.13. The van der Waals surface area contributed by atoms with Crippen LogP contribution in [0.3, 0.4) is 0 Å². The molecule has 5 rings (SSSR count). The first-order valence-corrected chi connectivity index (χ1v) is 11.2. The van der Waals surface area contributed by atoms with Gasteiger partial charge in [0.1, 0.15) is 7.05 Å². The summed E-state index contributed by atoms with van der Waals surface area (Å²) in [5, 5.41) is 0. The third-order valence-corrected chi connectivity index (χ3v) is 7.46. The standard InChI is InChI=1S/C28H32N/c1-20-9-5-6-10-25(20)27-15-21(2)26(19-29(27)3)22-11-12-23-17-28(18-24(23)16-22)13-7-4-8-14-28/h5-6,9-12,15-16,19H,4,7-8,13-14,17-18H2,1-3H3/q+1. The average Bonchev–Trinajstić information content (AvgIpc) is 3.07. The van der Waals surface area contributed by atoms with E-state index in [1.165, 1.54) is 78.5 Å². The molecular formula is C28H32N+. The molecule has 0 atom stereocenters. The number of rotatable bonds is 2. The summed E-state index contributed by atoms with van der Waals surface area (Å²) in [4.78, 5) is 0. The Balaban J connectivity index is 1.51. The Hall–Kier alpha value is -2.41. The van der Waals surface area contributed by atoms with Crippen molar-refractivity contribution in [2.75, 3.05) is 0 Å². The number of aryl methyl sites for hydroxylation is 3. The van der Waals surface area contributed by atoms with Gasteiger partial charge in [0.2, 0.25) is 5.69 Å². The van der Waals surface area contributed by atoms with Gasteiger partial charge in [0.15, 0.2) is 6.20 Å². The van der Waals surface area contributed by atoms with Gasteiger partial charge in [-0.05, 0) is 78.8 Å². The van der Waals surface area contributed by atoms with Crippen LogP contribution in [-0.4, -0.2) is 0 Å². The van der Waals surface area contributed by atoms with Gasteiger partial charge in [-0.15, -0.1) is 0 Å². The fourth-order valence-corrected chi connectivity index (χ4v) is 5.84. The highest BCUT2D eigenvalue weighted by atomic mass is 14.9. The molecule has 2 aliphatic rings. The van der Waals surface area contributed by atoms with Gasteiger partial charge in [-0.1, -0.05) is 55.7 Å². The number of hydrogen-bond donors (Lipinski definition) is 0. The molecule has 2 aliphatic carbocycles. The molecule has 1 nitrogen and oxygen atoms in total. The van der Waals surface area contributed by atoms with E-state index >= 15 is 0 Å². The third kappa shape index (κ3) is 3.31. The number of pyridine rings is 1. The molecule has 0 amide bonds. The lowest BCUT2D eigenvalue weighted by atomic mass is 9.72. The number of aromatic nitrogens is 1. The molecule has 1 heterocycles. The van der Waals surface area contributed by atoms with Crippen LogP contribution < -0.4 is 4.57 Å². The lowest BCUT2D eigenvalue weighted by molar-refractivity contribution is -0.660. The van der Waals surface area contributed by atoms with E-state index < -0.39 is 0 Å². The second-order valence-electron chi connectivity index (χ2n) is 9.58. The highest BCUT2D eigenvalue weighted by Gasteiger charge is 2.38. The second-order valence-corrected chi connectivity index (χ2v) is 9.58.